The molecule has 1 heterocycles. The van der Waals surface area contributed by atoms with Crippen molar-refractivity contribution in [3.05, 3.63) is 35.6 Å². The SMILES string of the molecule is C=C(NCC)c1ccc(Cl)nc1. The van der Waals surface area contributed by atoms with Gasteiger partial charge in [0.15, 0.2) is 0 Å². The van der Waals surface area contributed by atoms with Gasteiger partial charge >= 0.3 is 0 Å². The topological polar surface area (TPSA) is 24.9 Å². The van der Waals surface area contributed by atoms with Gasteiger partial charge in [0.05, 0.1) is 0 Å². The molecule has 12 heavy (non-hydrogen) atoms. The van der Waals surface area contributed by atoms with Crippen molar-refractivity contribution in [2.24, 2.45) is 0 Å². The third-order valence-corrected chi connectivity index (χ3v) is 1.69. The van der Waals surface area contributed by atoms with Crippen LogP contribution in [0.25, 0.3) is 5.70 Å². The summed E-state index contributed by atoms with van der Waals surface area (Å²) in [7, 11) is 0. The quantitative estimate of drug-likeness (QED) is 0.726. The van der Waals surface area contributed by atoms with E-state index in [1.54, 1.807) is 12.3 Å². The monoisotopic (exact) mass is 182 g/mol. The fourth-order valence-corrected chi connectivity index (χ4v) is 0.982. The molecular weight excluding hydrogens is 172 g/mol. The molecule has 0 spiro atoms. The van der Waals surface area contributed by atoms with Gasteiger partial charge in [0.2, 0.25) is 0 Å². The molecule has 1 rings (SSSR count). The van der Waals surface area contributed by atoms with Crippen LogP contribution in [0.3, 0.4) is 0 Å². The third kappa shape index (κ3) is 2.24. The first-order valence-corrected chi connectivity index (χ1v) is 4.16. The lowest BCUT2D eigenvalue weighted by Gasteiger charge is -2.05. The Morgan fingerprint density at radius 1 is 1.67 bits per heavy atom. The van der Waals surface area contributed by atoms with Gasteiger partial charge in [-0.15, -0.1) is 0 Å². The Bertz CT molecular complexity index is 266. The van der Waals surface area contributed by atoms with E-state index in [1.165, 1.54) is 0 Å². The van der Waals surface area contributed by atoms with Crippen LogP contribution in [0.2, 0.25) is 5.15 Å². The van der Waals surface area contributed by atoms with E-state index in [-0.39, 0.29) is 0 Å². The summed E-state index contributed by atoms with van der Waals surface area (Å²) in [6.45, 7) is 6.74. The molecule has 3 heteroatoms. The average molecular weight is 183 g/mol. The Kier molecular flexibility index (Phi) is 3.11. The van der Waals surface area contributed by atoms with Crippen molar-refractivity contribution in [3.63, 3.8) is 0 Å². The van der Waals surface area contributed by atoms with Gasteiger partial charge in [-0.3, -0.25) is 0 Å². The van der Waals surface area contributed by atoms with E-state index in [4.69, 9.17) is 11.6 Å². The van der Waals surface area contributed by atoms with E-state index in [0.29, 0.717) is 5.15 Å². The molecular formula is C9H11ClN2. The molecule has 0 saturated carbocycles. The fraction of sp³-hybridized carbons (Fsp3) is 0.222. The maximum atomic E-state index is 5.63. The molecule has 1 aromatic rings. The summed E-state index contributed by atoms with van der Waals surface area (Å²) < 4.78 is 0. The minimum absolute atomic E-state index is 0.503. The maximum Gasteiger partial charge on any atom is 0.129 e. The highest BCUT2D eigenvalue weighted by molar-refractivity contribution is 6.29. The lowest BCUT2D eigenvalue weighted by Crippen LogP contribution is -2.09. The van der Waals surface area contributed by atoms with Gasteiger partial charge in [0.25, 0.3) is 0 Å². The summed E-state index contributed by atoms with van der Waals surface area (Å²) in [6, 6.07) is 3.64. The molecule has 0 amide bonds. The molecule has 1 N–H and O–H groups in total. The van der Waals surface area contributed by atoms with Gasteiger partial charge < -0.3 is 5.32 Å². The minimum Gasteiger partial charge on any atom is -0.385 e. The number of nitrogens with zero attached hydrogens (tertiary/aromatic N) is 1. The molecule has 0 unspecified atom stereocenters. The van der Waals surface area contributed by atoms with Crippen LogP contribution in [-0.2, 0) is 0 Å². The second-order valence-corrected chi connectivity index (χ2v) is 2.77. The molecule has 2 nitrogen and oxygen atoms in total. The van der Waals surface area contributed by atoms with Crippen LogP contribution in [0.4, 0.5) is 0 Å². The zero-order valence-electron chi connectivity index (χ0n) is 6.97. The second kappa shape index (κ2) is 4.12. The first-order chi connectivity index (χ1) is 5.74. The Morgan fingerprint density at radius 3 is 2.92 bits per heavy atom. The average Bonchev–Trinajstić information content (AvgIpc) is 2.06. The van der Waals surface area contributed by atoms with Crippen LogP contribution in [0.5, 0.6) is 0 Å². The van der Waals surface area contributed by atoms with E-state index in [1.807, 2.05) is 13.0 Å². The van der Waals surface area contributed by atoms with Crippen LogP contribution in [0.15, 0.2) is 24.9 Å². The van der Waals surface area contributed by atoms with Crippen molar-refractivity contribution in [2.75, 3.05) is 6.54 Å². The smallest absolute Gasteiger partial charge is 0.129 e. The summed E-state index contributed by atoms with van der Waals surface area (Å²) in [6.07, 6.45) is 1.70. The number of nitrogens with one attached hydrogen (secondary N) is 1. The first-order valence-electron chi connectivity index (χ1n) is 3.78. The standard InChI is InChI=1S/C9H11ClN2/c1-3-11-7(2)8-4-5-9(10)12-6-8/h4-6,11H,2-3H2,1H3. The minimum atomic E-state index is 0.503. The van der Waals surface area contributed by atoms with Gasteiger partial charge in [-0.2, -0.15) is 0 Å². The van der Waals surface area contributed by atoms with Crippen LogP contribution in [-0.4, -0.2) is 11.5 Å². The number of pyridine rings is 1. The second-order valence-electron chi connectivity index (χ2n) is 2.38. The highest BCUT2D eigenvalue weighted by Gasteiger charge is 1.96. The molecule has 0 aromatic carbocycles. The van der Waals surface area contributed by atoms with Gasteiger partial charge in [0.1, 0.15) is 5.15 Å². The molecule has 1 aromatic heterocycles. The van der Waals surface area contributed by atoms with Crippen molar-refractivity contribution < 1.29 is 0 Å². The number of hydrogen-bond acceptors (Lipinski definition) is 2. The van der Waals surface area contributed by atoms with Gasteiger partial charge in [-0.05, 0) is 19.1 Å². The molecule has 0 radical (unpaired) electrons. The largest absolute Gasteiger partial charge is 0.385 e. The lowest BCUT2D eigenvalue weighted by molar-refractivity contribution is 0.940. The summed E-state index contributed by atoms with van der Waals surface area (Å²) in [4.78, 5) is 3.95. The van der Waals surface area contributed by atoms with E-state index in [2.05, 4.69) is 16.9 Å². The molecule has 0 aliphatic heterocycles. The predicted octanol–water partition coefficient (Wildman–Crippen LogP) is 2.32. The van der Waals surface area contributed by atoms with Crippen LogP contribution >= 0.6 is 11.6 Å². The van der Waals surface area contributed by atoms with Gasteiger partial charge in [-0.25, -0.2) is 4.98 Å². The van der Waals surface area contributed by atoms with Crippen molar-refractivity contribution >= 4 is 17.3 Å². The normalized spacial score (nSPS) is 9.50. The van der Waals surface area contributed by atoms with Gasteiger partial charge in [0, 0.05) is 24.0 Å². The van der Waals surface area contributed by atoms with E-state index < -0.39 is 0 Å². The summed E-state index contributed by atoms with van der Waals surface area (Å²) >= 11 is 5.63. The first kappa shape index (κ1) is 9.07. The number of hydrogen-bond donors (Lipinski definition) is 1. The van der Waals surface area contributed by atoms with Crippen molar-refractivity contribution in [2.45, 2.75) is 6.92 Å². The van der Waals surface area contributed by atoms with Crippen LogP contribution < -0.4 is 5.32 Å². The molecule has 64 valence electrons. The molecule has 0 aliphatic rings. The molecule has 0 fully saturated rings. The Morgan fingerprint density at radius 2 is 2.42 bits per heavy atom. The molecule has 0 atom stereocenters. The van der Waals surface area contributed by atoms with Crippen LogP contribution in [0, 0.1) is 0 Å². The zero-order valence-corrected chi connectivity index (χ0v) is 7.73. The Balaban J connectivity index is 2.75. The number of rotatable bonds is 3. The molecule has 0 aliphatic carbocycles. The number of aromatic nitrogens is 1. The molecule has 0 saturated heterocycles. The van der Waals surface area contributed by atoms with E-state index >= 15 is 0 Å². The van der Waals surface area contributed by atoms with Crippen molar-refractivity contribution in [3.8, 4) is 0 Å². The maximum absolute atomic E-state index is 5.63. The fourth-order valence-electron chi connectivity index (χ4n) is 0.870. The summed E-state index contributed by atoms with van der Waals surface area (Å²) in [5.74, 6) is 0. The number of halogens is 1. The third-order valence-electron chi connectivity index (χ3n) is 1.47. The summed E-state index contributed by atoms with van der Waals surface area (Å²) in [5, 5.41) is 3.61. The summed E-state index contributed by atoms with van der Waals surface area (Å²) in [5.41, 5.74) is 1.85. The lowest BCUT2D eigenvalue weighted by atomic mass is 10.2. The van der Waals surface area contributed by atoms with Crippen molar-refractivity contribution in [1.29, 1.82) is 0 Å². The van der Waals surface area contributed by atoms with E-state index in [9.17, 15) is 0 Å². The molecule has 0 bridgehead atoms. The van der Waals surface area contributed by atoms with Crippen molar-refractivity contribution in [1.82, 2.24) is 10.3 Å². The highest BCUT2D eigenvalue weighted by Crippen LogP contribution is 2.10. The van der Waals surface area contributed by atoms with E-state index in [0.717, 1.165) is 17.8 Å². The Hall–Kier alpha value is -1.02. The van der Waals surface area contributed by atoms with Gasteiger partial charge in [-0.1, -0.05) is 18.2 Å². The Labute approximate surface area is 77.3 Å². The zero-order chi connectivity index (χ0) is 8.97. The highest BCUT2D eigenvalue weighted by atomic mass is 35.5. The van der Waals surface area contributed by atoms with Crippen LogP contribution in [0.1, 0.15) is 12.5 Å². The predicted molar refractivity (Wildman–Crippen MR) is 52.0 cm³/mol.